The van der Waals surface area contributed by atoms with Crippen molar-refractivity contribution in [2.75, 3.05) is 36.8 Å². The molecule has 2 N–H and O–H groups in total. The molecule has 150 valence electrons. The average molecular weight is 413 g/mol. The maximum Gasteiger partial charge on any atom is 0.271 e. The van der Waals surface area contributed by atoms with E-state index in [1.165, 1.54) is 6.07 Å². The molecule has 0 amide bonds. The molecule has 8 nitrogen and oxygen atoms in total. The smallest absolute Gasteiger partial charge is 0.271 e. The number of benzene rings is 2. The molecule has 1 saturated heterocycles. The molecule has 0 atom stereocenters. The Morgan fingerprint density at radius 3 is 2.59 bits per heavy atom. The zero-order valence-corrected chi connectivity index (χ0v) is 16.8. The first-order valence-corrected chi connectivity index (χ1v) is 9.73. The number of para-hydroxylation sites is 1. The van der Waals surface area contributed by atoms with Gasteiger partial charge in [-0.2, -0.15) is 0 Å². The van der Waals surface area contributed by atoms with Gasteiger partial charge in [0.05, 0.1) is 27.7 Å². The van der Waals surface area contributed by atoms with Crippen molar-refractivity contribution >= 4 is 39.7 Å². The normalized spacial score (nSPS) is 15.0. The lowest BCUT2D eigenvalue weighted by atomic mass is 10.1. The third-order valence-electron chi connectivity index (χ3n) is 5.18. The van der Waals surface area contributed by atoms with E-state index in [1.54, 1.807) is 6.07 Å². The average Bonchev–Trinajstić information content (AvgIpc) is 2.69. The number of nitrogens with zero attached hydrogens (tertiary/aromatic N) is 5. The van der Waals surface area contributed by atoms with Crippen molar-refractivity contribution in [3.8, 4) is 0 Å². The minimum atomic E-state index is -0.421. The van der Waals surface area contributed by atoms with Gasteiger partial charge in [0.15, 0.2) is 0 Å². The van der Waals surface area contributed by atoms with Crippen LogP contribution in [0, 0.1) is 17.0 Å². The lowest BCUT2D eigenvalue weighted by Crippen LogP contribution is -2.46. The Bertz CT molecular complexity index is 1060. The van der Waals surface area contributed by atoms with E-state index in [1.807, 2.05) is 31.2 Å². The Kier molecular flexibility index (Phi) is 5.21. The summed E-state index contributed by atoms with van der Waals surface area (Å²) >= 11 is 6.36. The molecule has 0 radical (unpaired) electrons. The monoisotopic (exact) mass is 412 g/mol. The number of rotatable bonds is 4. The van der Waals surface area contributed by atoms with Gasteiger partial charge in [0.25, 0.3) is 5.69 Å². The largest absolute Gasteiger partial charge is 0.383 e. The third kappa shape index (κ3) is 3.94. The minimum Gasteiger partial charge on any atom is -0.383 e. The van der Waals surface area contributed by atoms with Gasteiger partial charge in [0.1, 0.15) is 11.6 Å². The quantitative estimate of drug-likeness (QED) is 0.517. The molecule has 1 aromatic heterocycles. The van der Waals surface area contributed by atoms with Crippen molar-refractivity contribution < 1.29 is 4.92 Å². The summed E-state index contributed by atoms with van der Waals surface area (Å²) in [5.74, 6) is 1.21. The van der Waals surface area contributed by atoms with Crippen LogP contribution in [0.2, 0.25) is 5.02 Å². The molecule has 2 heterocycles. The Labute approximate surface area is 173 Å². The van der Waals surface area contributed by atoms with Crippen molar-refractivity contribution in [2.24, 2.45) is 0 Å². The molecule has 0 spiro atoms. The van der Waals surface area contributed by atoms with Crippen molar-refractivity contribution in [2.45, 2.75) is 13.5 Å². The number of aryl methyl sites for hydroxylation is 1. The van der Waals surface area contributed by atoms with E-state index in [2.05, 4.69) is 19.8 Å². The molecule has 29 heavy (non-hydrogen) atoms. The fourth-order valence-corrected chi connectivity index (χ4v) is 4.16. The van der Waals surface area contributed by atoms with E-state index in [-0.39, 0.29) is 5.69 Å². The molecule has 1 fully saturated rings. The summed E-state index contributed by atoms with van der Waals surface area (Å²) in [6.07, 6.45) is 0. The number of nitrogens with two attached hydrogens (primary N) is 1. The van der Waals surface area contributed by atoms with E-state index in [9.17, 15) is 10.1 Å². The number of halogens is 1. The van der Waals surface area contributed by atoms with Crippen molar-refractivity contribution in [1.82, 2.24) is 14.9 Å². The molecule has 2 aromatic carbocycles. The number of nitrogen functional groups attached to an aromatic ring is 1. The first kappa shape index (κ1) is 19.4. The van der Waals surface area contributed by atoms with E-state index in [4.69, 9.17) is 17.3 Å². The van der Waals surface area contributed by atoms with Gasteiger partial charge in [-0.3, -0.25) is 15.0 Å². The van der Waals surface area contributed by atoms with Crippen LogP contribution >= 0.6 is 11.6 Å². The summed E-state index contributed by atoms with van der Waals surface area (Å²) in [7, 11) is 0. The summed E-state index contributed by atoms with van der Waals surface area (Å²) in [6.45, 7) is 5.62. The molecule has 4 rings (SSSR count). The summed E-state index contributed by atoms with van der Waals surface area (Å²) in [6, 6.07) is 10.7. The van der Waals surface area contributed by atoms with Crippen LogP contribution < -0.4 is 10.6 Å². The molecule has 1 aliphatic rings. The fourth-order valence-electron chi connectivity index (χ4n) is 3.78. The third-order valence-corrected chi connectivity index (χ3v) is 5.47. The van der Waals surface area contributed by atoms with Crippen molar-refractivity contribution in [3.05, 3.63) is 62.9 Å². The Hall–Kier alpha value is -2.97. The van der Waals surface area contributed by atoms with Crippen LogP contribution in [0.15, 0.2) is 36.4 Å². The Morgan fingerprint density at radius 2 is 1.90 bits per heavy atom. The number of fused-ring (bicyclic) bond motifs is 1. The van der Waals surface area contributed by atoms with E-state index in [0.29, 0.717) is 23.2 Å². The maximum atomic E-state index is 11.0. The summed E-state index contributed by atoms with van der Waals surface area (Å²) < 4.78 is 0. The lowest BCUT2D eigenvalue weighted by Gasteiger charge is -2.36. The molecule has 3 aromatic rings. The van der Waals surface area contributed by atoms with Gasteiger partial charge in [0.2, 0.25) is 0 Å². The van der Waals surface area contributed by atoms with Gasteiger partial charge in [0, 0.05) is 43.7 Å². The zero-order valence-electron chi connectivity index (χ0n) is 16.0. The second-order valence-corrected chi connectivity index (χ2v) is 7.56. The van der Waals surface area contributed by atoms with Crippen LogP contribution in [0.25, 0.3) is 10.9 Å². The highest BCUT2D eigenvalue weighted by Crippen LogP contribution is 2.34. The van der Waals surface area contributed by atoms with Crippen molar-refractivity contribution in [3.63, 3.8) is 0 Å². The highest BCUT2D eigenvalue weighted by molar-refractivity contribution is 6.33. The van der Waals surface area contributed by atoms with E-state index in [0.717, 1.165) is 48.3 Å². The summed E-state index contributed by atoms with van der Waals surface area (Å²) in [5.41, 5.74) is 8.62. The number of hydrogen-bond acceptors (Lipinski definition) is 7. The fraction of sp³-hybridized carbons (Fsp3) is 0.300. The molecule has 0 bridgehead atoms. The van der Waals surface area contributed by atoms with E-state index < -0.39 is 4.92 Å². The van der Waals surface area contributed by atoms with Gasteiger partial charge in [-0.15, -0.1) is 0 Å². The lowest BCUT2D eigenvalue weighted by molar-refractivity contribution is -0.384. The number of nitro groups is 1. The summed E-state index contributed by atoms with van der Waals surface area (Å²) in [4.78, 5) is 24.1. The number of aromatic nitrogens is 2. The number of anilines is 2. The highest BCUT2D eigenvalue weighted by atomic mass is 35.5. The van der Waals surface area contributed by atoms with Gasteiger partial charge in [-0.05, 0) is 24.6 Å². The van der Waals surface area contributed by atoms with Gasteiger partial charge in [-0.1, -0.05) is 23.7 Å². The zero-order chi connectivity index (χ0) is 20.5. The minimum absolute atomic E-state index is 0.0147. The number of piperazine rings is 1. The van der Waals surface area contributed by atoms with Crippen molar-refractivity contribution in [1.29, 1.82) is 0 Å². The predicted molar refractivity (Wildman–Crippen MR) is 114 cm³/mol. The van der Waals surface area contributed by atoms with Crippen LogP contribution in [0.4, 0.5) is 17.2 Å². The molecular weight excluding hydrogens is 392 g/mol. The van der Waals surface area contributed by atoms with Crippen LogP contribution in [0.1, 0.15) is 11.4 Å². The molecule has 0 aliphatic carbocycles. The molecular formula is C20H21ClN6O2. The maximum absolute atomic E-state index is 11.0. The Balaban J connectivity index is 1.46. The van der Waals surface area contributed by atoms with Gasteiger partial charge >= 0.3 is 0 Å². The number of non-ortho nitro benzene ring substituents is 1. The predicted octanol–water partition coefficient (Wildman–Crippen LogP) is 3.40. The highest BCUT2D eigenvalue weighted by Gasteiger charge is 2.23. The van der Waals surface area contributed by atoms with Crippen LogP contribution in [0.3, 0.4) is 0 Å². The standard InChI is InChI=1S/C20H21ClN6O2/c1-13-10-14(27(28)29)11-16(21)19(13)26-8-6-25(7-9-26)12-18-23-17-5-3-2-4-15(17)20(22)24-18/h2-5,10-11H,6-9,12H2,1H3,(H2,22,23,24). The van der Waals surface area contributed by atoms with Gasteiger partial charge < -0.3 is 10.6 Å². The Morgan fingerprint density at radius 1 is 1.17 bits per heavy atom. The van der Waals surface area contributed by atoms with Crippen LogP contribution in [0.5, 0.6) is 0 Å². The molecule has 1 aliphatic heterocycles. The van der Waals surface area contributed by atoms with Gasteiger partial charge in [-0.25, -0.2) is 9.97 Å². The topological polar surface area (TPSA) is 101 Å². The second-order valence-electron chi connectivity index (χ2n) is 7.16. The number of hydrogen-bond donors (Lipinski definition) is 1. The first-order valence-electron chi connectivity index (χ1n) is 9.35. The molecule has 0 saturated carbocycles. The SMILES string of the molecule is Cc1cc([N+](=O)[O-])cc(Cl)c1N1CCN(Cc2nc(N)c3ccccc3n2)CC1. The number of nitro benzene ring substituents is 1. The van der Waals surface area contributed by atoms with E-state index >= 15 is 0 Å². The first-order chi connectivity index (χ1) is 13.9. The van der Waals surface area contributed by atoms with Crippen LogP contribution in [-0.4, -0.2) is 46.0 Å². The summed E-state index contributed by atoms with van der Waals surface area (Å²) in [5, 5.41) is 12.3. The molecule has 9 heteroatoms. The second kappa shape index (κ2) is 7.81. The van der Waals surface area contributed by atoms with Crippen LogP contribution in [-0.2, 0) is 6.54 Å². The molecule has 0 unspecified atom stereocenters.